The van der Waals surface area contributed by atoms with Crippen molar-refractivity contribution < 1.29 is 160 Å². The number of hydrogen-bond acceptors (Lipinski definition) is 6. The van der Waals surface area contributed by atoms with E-state index in [0.717, 1.165) is 0 Å². The fraction of sp³-hybridized carbons (Fsp3) is 0.700. The van der Waals surface area contributed by atoms with Gasteiger partial charge in [-0.1, -0.05) is 62.3 Å². The third-order valence-corrected chi connectivity index (χ3v) is 6.24. The zero-order chi connectivity index (χ0) is 47.6. The Morgan fingerprint density at radius 1 is 0.328 bits per heavy atom. The summed E-state index contributed by atoms with van der Waals surface area (Å²) in [4.78, 5) is 33.6. The average molecular weight is 1050 g/mol. The molecule has 1 radical (unpaired) electrons. The van der Waals surface area contributed by atoms with E-state index in [0.29, 0.717) is 0 Å². The number of carbonyl (C=O) groups excluding carboxylic acids is 3. The van der Waals surface area contributed by atoms with E-state index in [1.165, 1.54) is 62.3 Å². The van der Waals surface area contributed by atoms with Crippen molar-refractivity contribution in [2.75, 3.05) is 0 Å². The molecule has 0 spiro atoms. The van der Waals surface area contributed by atoms with Gasteiger partial charge in [-0.15, -0.1) is 0 Å². The number of hydrogen-bond donors (Lipinski definition) is 3. The molecule has 0 atom stereocenters. The van der Waals surface area contributed by atoms with Crippen LogP contribution in [0.15, 0.2) is 35.5 Å². The predicted octanol–water partition coefficient (Wildman–Crippen LogP) is 11.6. The van der Waals surface area contributed by atoms with Crippen molar-refractivity contribution in [3.05, 3.63) is 35.5 Å². The first-order valence-corrected chi connectivity index (χ1v) is 14.5. The topological polar surface area (TPSA) is 112 Å². The van der Waals surface area contributed by atoms with E-state index in [2.05, 4.69) is 0 Å². The summed E-state index contributed by atoms with van der Waals surface area (Å²) in [5.74, 6) is -48.8. The summed E-state index contributed by atoms with van der Waals surface area (Å²) in [6.07, 6.45) is -20.7. The molecule has 0 aliphatic heterocycles. The van der Waals surface area contributed by atoms with Gasteiger partial charge >= 0.3 is 54.1 Å². The standard InChI is InChI=1S/3C10H11F7O2.Ho/c3*1-7(2,3)5(18)4-6(19)8(11,12)9(13,14)10(15,16)17;/h3*4,19H,1-3H3;/b3*6-4-;. The van der Waals surface area contributed by atoms with Crippen molar-refractivity contribution in [1.82, 2.24) is 0 Å². The van der Waals surface area contributed by atoms with Crippen LogP contribution in [0.2, 0.25) is 0 Å². The molecule has 58 heavy (non-hydrogen) atoms. The van der Waals surface area contributed by atoms with Gasteiger partial charge in [0.1, 0.15) is 0 Å². The Hall–Kier alpha value is -2.58. The summed E-state index contributed by atoms with van der Waals surface area (Å²) in [6.45, 7) is 10.9. The third-order valence-electron chi connectivity index (χ3n) is 6.24. The molecular formula is C30H33F21HoO6. The maximum absolute atomic E-state index is 12.9. The van der Waals surface area contributed by atoms with Crippen molar-refractivity contribution in [2.45, 2.75) is 116 Å². The Kier molecular flexibility index (Phi) is 20.3. The molecule has 0 aliphatic carbocycles. The monoisotopic (exact) mass is 1050 g/mol. The van der Waals surface area contributed by atoms with Gasteiger partial charge < -0.3 is 15.3 Å². The summed E-state index contributed by atoms with van der Waals surface area (Å²) < 4.78 is 259. The number of aliphatic hydroxyl groups is 3. The second-order valence-electron chi connectivity index (χ2n) is 14.4. The summed E-state index contributed by atoms with van der Waals surface area (Å²) in [5.41, 5.74) is -3.97. The first kappa shape index (κ1) is 62.1. The molecule has 0 heterocycles. The Morgan fingerprint density at radius 2 is 0.448 bits per heavy atom. The van der Waals surface area contributed by atoms with Crippen LogP contribution >= 0.6 is 0 Å². The molecule has 0 rings (SSSR count). The quantitative estimate of drug-likeness (QED) is 0.0918. The number of alkyl halides is 21. The van der Waals surface area contributed by atoms with Crippen LogP contribution in [-0.2, 0) is 14.4 Å². The van der Waals surface area contributed by atoms with Crippen LogP contribution in [0.5, 0.6) is 0 Å². The Bertz CT molecular complexity index is 1350. The summed E-state index contributed by atoms with van der Waals surface area (Å²) in [7, 11) is 0. The SMILES string of the molecule is CC(C)(C)C(=O)/C=C(\O)C(F)(F)C(F)(F)C(F)(F)F.CC(C)(C)C(=O)/C=C(\O)C(F)(F)C(F)(F)C(F)(F)F.CC(C)(C)C(=O)/C=C(\O)C(F)(F)C(F)(F)C(F)(F)F.[Ho]. The predicted molar refractivity (Wildman–Crippen MR) is 153 cm³/mol. The van der Waals surface area contributed by atoms with Crippen LogP contribution in [-0.4, -0.2) is 86.7 Å². The Labute approximate surface area is 344 Å². The fourth-order valence-corrected chi connectivity index (χ4v) is 2.31. The molecule has 0 fully saturated rings. The van der Waals surface area contributed by atoms with Gasteiger partial charge in [0.15, 0.2) is 34.6 Å². The van der Waals surface area contributed by atoms with Crippen LogP contribution < -0.4 is 0 Å². The maximum Gasteiger partial charge on any atom is 0.460 e. The molecule has 0 aromatic carbocycles. The number of halogens is 21. The minimum atomic E-state index is -6.57. The molecule has 0 bridgehead atoms. The average Bonchev–Trinajstić information content (AvgIpc) is 2.93. The van der Waals surface area contributed by atoms with E-state index < -0.39 is 105 Å². The van der Waals surface area contributed by atoms with Crippen LogP contribution in [0, 0.1) is 54.0 Å². The van der Waals surface area contributed by atoms with E-state index in [1.807, 2.05) is 0 Å². The number of allylic oxidation sites excluding steroid dienone is 6. The molecular weight excluding hydrogens is 1020 g/mol. The van der Waals surface area contributed by atoms with Crippen LogP contribution in [0.1, 0.15) is 62.3 Å². The molecule has 0 saturated heterocycles. The van der Waals surface area contributed by atoms with E-state index in [1.54, 1.807) is 0 Å². The first-order chi connectivity index (χ1) is 24.1. The zero-order valence-electron chi connectivity index (χ0n) is 30.5. The zero-order valence-corrected chi connectivity index (χ0v) is 32.5. The minimum Gasteiger partial charge on any atom is -0.506 e. The van der Waals surface area contributed by atoms with Gasteiger partial charge in [-0.05, 0) is 0 Å². The van der Waals surface area contributed by atoms with E-state index in [4.69, 9.17) is 15.3 Å². The smallest absolute Gasteiger partial charge is 0.460 e. The van der Waals surface area contributed by atoms with Gasteiger partial charge in [-0.25, -0.2) is 0 Å². The Balaban J connectivity index is -0.000000374. The normalized spacial score (nSPS) is 15.3. The van der Waals surface area contributed by atoms with Gasteiger partial charge in [0.2, 0.25) is 0 Å². The maximum atomic E-state index is 12.9. The van der Waals surface area contributed by atoms with Crippen LogP contribution in [0.3, 0.4) is 0 Å². The van der Waals surface area contributed by atoms with Crippen molar-refractivity contribution in [3.8, 4) is 0 Å². The van der Waals surface area contributed by atoms with Gasteiger partial charge in [-0.3, -0.25) is 14.4 Å². The molecule has 0 unspecified atom stereocenters. The van der Waals surface area contributed by atoms with Crippen molar-refractivity contribution in [2.24, 2.45) is 16.2 Å². The van der Waals surface area contributed by atoms with E-state index in [9.17, 15) is 107 Å². The van der Waals surface area contributed by atoms with Crippen molar-refractivity contribution in [3.63, 3.8) is 0 Å². The molecule has 347 valence electrons. The molecule has 0 aromatic rings. The third kappa shape index (κ3) is 14.9. The summed E-state index contributed by atoms with van der Waals surface area (Å²) in [6, 6.07) is 0. The van der Waals surface area contributed by atoms with Gasteiger partial charge in [-0.2, -0.15) is 92.2 Å². The molecule has 3 N–H and O–H groups in total. The van der Waals surface area contributed by atoms with E-state index >= 15 is 0 Å². The molecule has 0 saturated carbocycles. The number of ketones is 3. The number of carbonyl (C=O) groups is 3. The molecule has 0 aromatic heterocycles. The minimum absolute atomic E-state index is 0. The van der Waals surface area contributed by atoms with Gasteiger partial charge in [0, 0.05) is 72.2 Å². The molecule has 0 amide bonds. The Morgan fingerprint density at radius 3 is 0.534 bits per heavy atom. The first-order valence-electron chi connectivity index (χ1n) is 14.5. The molecule has 0 aliphatic rings. The summed E-state index contributed by atoms with van der Waals surface area (Å²) in [5, 5.41) is 26.2. The van der Waals surface area contributed by atoms with Gasteiger partial charge in [0.05, 0.1) is 0 Å². The van der Waals surface area contributed by atoms with Crippen molar-refractivity contribution in [1.29, 1.82) is 0 Å². The van der Waals surface area contributed by atoms with E-state index in [-0.39, 0.29) is 56.0 Å². The molecule has 6 nitrogen and oxygen atoms in total. The van der Waals surface area contributed by atoms with Crippen LogP contribution in [0.25, 0.3) is 0 Å². The number of rotatable bonds is 9. The fourth-order valence-electron chi connectivity index (χ4n) is 2.31. The second-order valence-corrected chi connectivity index (χ2v) is 14.4. The largest absolute Gasteiger partial charge is 0.506 e. The van der Waals surface area contributed by atoms with Crippen molar-refractivity contribution >= 4 is 17.3 Å². The number of aliphatic hydroxyl groups excluding tert-OH is 3. The molecule has 28 heteroatoms. The van der Waals surface area contributed by atoms with Crippen LogP contribution in [0.4, 0.5) is 92.2 Å². The van der Waals surface area contributed by atoms with Gasteiger partial charge in [0.25, 0.3) is 0 Å². The summed E-state index contributed by atoms with van der Waals surface area (Å²) >= 11 is 0. The second kappa shape index (κ2) is 19.0.